The highest BCUT2D eigenvalue weighted by Crippen LogP contribution is 2.28. The number of hydrogen-bond acceptors (Lipinski definition) is 4. The first-order chi connectivity index (χ1) is 14.7. The number of ether oxygens (including phenoxy) is 2. The number of amides is 1. The van der Waals surface area contributed by atoms with E-state index in [0.29, 0.717) is 11.5 Å². The summed E-state index contributed by atoms with van der Waals surface area (Å²) in [5, 5.41) is 11.6. The van der Waals surface area contributed by atoms with Crippen molar-refractivity contribution in [3.8, 4) is 17.6 Å². The van der Waals surface area contributed by atoms with Crippen molar-refractivity contribution in [3.05, 3.63) is 95.6 Å². The number of carbonyl (C=O) groups excluding carboxylic acids is 1. The lowest BCUT2D eigenvalue weighted by atomic mass is 10.0. The van der Waals surface area contributed by atoms with Gasteiger partial charge in [0.2, 0.25) is 5.91 Å². The van der Waals surface area contributed by atoms with Gasteiger partial charge in [0.15, 0.2) is 18.1 Å². The van der Waals surface area contributed by atoms with Gasteiger partial charge < -0.3 is 14.8 Å². The molecule has 0 saturated heterocycles. The van der Waals surface area contributed by atoms with Crippen molar-refractivity contribution in [2.75, 3.05) is 19.0 Å². The highest BCUT2D eigenvalue weighted by Gasteiger charge is 2.07. The number of anilines is 1. The summed E-state index contributed by atoms with van der Waals surface area (Å²) >= 11 is 0. The van der Waals surface area contributed by atoms with Gasteiger partial charge in [-0.2, -0.15) is 5.26 Å². The number of para-hydroxylation sites is 1. The number of carbonyl (C=O) groups is 1. The second-order valence-corrected chi connectivity index (χ2v) is 6.50. The van der Waals surface area contributed by atoms with E-state index >= 15 is 0 Å². The summed E-state index contributed by atoms with van der Waals surface area (Å²) in [6.45, 7) is -0.0592. The lowest BCUT2D eigenvalue weighted by Gasteiger charge is -2.10. The molecule has 5 nitrogen and oxygen atoms in total. The molecular weight excluding hydrogens is 376 g/mol. The van der Waals surface area contributed by atoms with Gasteiger partial charge in [-0.3, -0.25) is 4.79 Å². The lowest BCUT2D eigenvalue weighted by molar-refractivity contribution is -0.111. The third-order valence-corrected chi connectivity index (χ3v) is 4.42. The van der Waals surface area contributed by atoms with Gasteiger partial charge in [0, 0.05) is 11.8 Å². The van der Waals surface area contributed by atoms with Gasteiger partial charge in [0.1, 0.15) is 6.07 Å². The van der Waals surface area contributed by atoms with E-state index in [-0.39, 0.29) is 12.5 Å². The molecule has 0 radical (unpaired) electrons. The highest BCUT2D eigenvalue weighted by molar-refractivity contribution is 6.02. The Kier molecular flexibility index (Phi) is 7.23. The third-order valence-electron chi connectivity index (χ3n) is 4.42. The molecule has 0 saturated carbocycles. The lowest BCUT2D eigenvalue weighted by Crippen LogP contribution is -2.10. The Hall–Kier alpha value is -4.04. The SMILES string of the molecule is COc1cc(/C=C/C(=O)Nc2ccccc2Cc2ccccc2)ccc1OCC#N. The van der Waals surface area contributed by atoms with Crippen LogP contribution in [0.4, 0.5) is 5.69 Å². The van der Waals surface area contributed by atoms with Crippen molar-refractivity contribution in [3.63, 3.8) is 0 Å². The van der Waals surface area contributed by atoms with Crippen LogP contribution in [-0.2, 0) is 11.2 Å². The number of hydrogen-bond donors (Lipinski definition) is 1. The minimum absolute atomic E-state index is 0.0592. The monoisotopic (exact) mass is 398 g/mol. The normalized spacial score (nSPS) is 10.4. The molecule has 0 bridgehead atoms. The number of methoxy groups -OCH3 is 1. The molecule has 150 valence electrons. The van der Waals surface area contributed by atoms with E-state index in [9.17, 15) is 4.79 Å². The molecule has 1 N–H and O–H groups in total. The van der Waals surface area contributed by atoms with Gasteiger partial charge in [-0.1, -0.05) is 54.6 Å². The Morgan fingerprint density at radius 3 is 2.57 bits per heavy atom. The first-order valence-electron chi connectivity index (χ1n) is 9.48. The molecule has 0 fully saturated rings. The second-order valence-electron chi connectivity index (χ2n) is 6.50. The van der Waals surface area contributed by atoms with E-state index < -0.39 is 0 Å². The minimum atomic E-state index is -0.223. The zero-order valence-electron chi connectivity index (χ0n) is 16.7. The fraction of sp³-hybridized carbons (Fsp3) is 0.120. The number of benzene rings is 3. The first kappa shape index (κ1) is 20.7. The molecule has 0 atom stereocenters. The van der Waals surface area contributed by atoms with Crippen molar-refractivity contribution in [2.45, 2.75) is 6.42 Å². The van der Waals surface area contributed by atoms with Crippen LogP contribution < -0.4 is 14.8 Å². The molecule has 0 aliphatic rings. The zero-order valence-corrected chi connectivity index (χ0v) is 16.7. The molecule has 3 aromatic carbocycles. The van der Waals surface area contributed by atoms with Crippen LogP contribution in [0, 0.1) is 11.3 Å². The van der Waals surface area contributed by atoms with Crippen LogP contribution in [0.2, 0.25) is 0 Å². The Bertz CT molecular complexity index is 1070. The van der Waals surface area contributed by atoms with Gasteiger partial charge in [0.25, 0.3) is 0 Å². The maximum absolute atomic E-state index is 12.5. The van der Waals surface area contributed by atoms with Crippen LogP contribution in [0.1, 0.15) is 16.7 Å². The van der Waals surface area contributed by atoms with Crippen LogP contribution in [0.5, 0.6) is 11.5 Å². The standard InChI is InChI=1S/C25H22N2O3/c1-29-24-18-20(11-13-23(24)30-16-15-26)12-14-25(28)27-22-10-6-5-9-21(22)17-19-7-3-2-4-8-19/h2-14,18H,16-17H2,1H3,(H,27,28)/b14-12+. The first-order valence-corrected chi connectivity index (χ1v) is 9.48. The van der Waals surface area contributed by atoms with Crippen molar-refractivity contribution >= 4 is 17.7 Å². The summed E-state index contributed by atoms with van der Waals surface area (Å²) in [5.41, 5.74) is 3.80. The molecule has 0 aromatic heterocycles. The molecule has 3 rings (SSSR count). The summed E-state index contributed by atoms with van der Waals surface area (Å²) in [6, 6.07) is 25.1. The van der Waals surface area contributed by atoms with Crippen LogP contribution in [0.15, 0.2) is 78.9 Å². The summed E-state index contributed by atoms with van der Waals surface area (Å²) in [5.74, 6) is 0.760. The summed E-state index contributed by atoms with van der Waals surface area (Å²) in [4.78, 5) is 12.5. The van der Waals surface area contributed by atoms with Gasteiger partial charge in [-0.25, -0.2) is 0 Å². The van der Waals surface area contributed by atoms with E-state index in [0.717, 1.165) is 23.2 Å². The third kappa shape index (κ3) is 5.73. The Balaban J connectivity index is 1.69. The van der Waals surface area contributed by atoms with Crippen molar-refractivity contribution in [1.29, 1.82) is 5.26 Å². The van der Waals surface area contributed by atoms with Crippen molar-refractivity contribution < 1.29 is 14.3 Å². The van der Waals surface area contributed by atoms with E-state index in [4.69, 9.17) is 14.7 Å². The Morgan fingerprint density at radius 1 is 1.03 bits per heavy atom. The zero-order chi connectivity index (χ0) is 21.2. The van der Waals surface area contributed by atoms with Crippen molar-refractivity contribution in [1.82, 2.24) is 0 Å². The maximum atomic E-state index is 12.5. The summed E-state index contributed by atoms with van der Waals surface area (Å²) in [6.07, 6.45) is 3.91. The molecule has 0 aliphatic carbocycles. The van der Waals surface area contributed by atoms with E-state index in [1.807, 2.05) is 48.5 Å². The van der Waals surface area contributed by atoms with E-state index in [1.54, 1.807) is 24.3 Å². The number of rotatable bonds is 8. The fourth-order valence-electron chi connectivity index (χ4n) is 2.98. The predicted molar refractivity (Wildman–Crippen MR) is 117 cm³/mol. The number of nitrogens with one attached hydrogen (secondary N) is 1. The Labute approximate surface area is 176 Å². The molecule has 0 aliphatic heterocycles. The van der Waals surface area contributed by atoms with Gasteiger partial charge >= 0.3 is 0 Å². The topological polar surface area (TPSA) is 71.3 Å². The molecule has 0 unspecified atom stereocenters. The quantitative estimate of drug-likeness (QED) is 0.551. The highest BCUT2D eigenvalue weighted by atomic mass is 16.5. The van der Waals surface area contributed by atoms with E-state index in [2.05, 4.69) is 17.4 Å². The second kappa shape index (κ2) is 10.5. The van der Waals surface area contributed by atoms with Gasteiger partial charge in [-0.15, -0.1) is 0 Å². The smallest absolute Gasteiger partial charge is 0.248 e. The molecule has 0 heterocycles. The largest absolute Gasteiger partial charge is 0.493 e. The average molecular weight is 398 g/mol. The Morgan fingerprint density at radius 2 is 1.80 bits per heavy atom. The van der Waals surface area contributed by atoms with Crippen molar-refractivity contribution in [2.24, 2.45) is 0 Å². The maximum Gasteiger partial charge on any atom is 0.248 e. The van der Waals surface area contributed by atoms with Gasteiger partial charge in [0.05, 0.1) is 7.11 Å². The number of nitrogens with zero attached hydrogens (tertiary/aromatic N) is 1. The molecule has 5 heteroatoms. The predicted octanol–water partition coefficient (Wildman–Crippen LogP) is 4.84. The van der Waals surface area contributed by atoms with Crippen LogP contribution in [0.3, 0.4) is 0 Å². The van der Waals surface area contributed by atoms with Crippen LogP contribution >= 0.6 is 0 Å². The minimum Gasteiger partial charge on any atom is -0.493 e. The summed E-state index contributed by atoms with van der Waals surface area (Å²) in [7, 11) is 1.53. The fourth-order valence-corrected chi connectivity index (χ4v) is 2.98. The molecule has 3 aromatic rings. The number of nitriles is 1. The van der Waals surface area contributed by atoms with E-state index in [1.165, 1.54) is 18.7 Å². The molecule has 0 spiro atoms. The van der Waals surface area contributed by atoms with Crippen LogP contribution in [-0.4, -0.2) is 19.6 Å². The molecule has 30 heavy (non-hydrogen) atoms. The molecule has 1 amide bonds. The van der Waals surface area contributed by atoms with Crippen LogP contribution in [0.25, 0.3) is 6.08 Å². The molecular formula is C25H22N2O3. The van der Waals surface area contributed by atoms with Gasteiger partial charge in [-0.05, 0) is 47.4 Å². The summed E-state index contributed by atoms with van der Waals surface area (Å²) < 4.78 is 10.6. The average Bonchev–Trinajstić information content (AvgIpc) is 2.78.